The van der Waals surface area contributed by atoms with Crippen molar-refractivity contribution in [2.45, 2.75) is 6.10 Å². The van der Waals surface area contributed by atoms with Crippen molar-refractivity contribution in [1.82, 2.24) is 9.97 Å². The molecule has 1 heterocycles. The predicted molar refractivity (Wildman–Crippen MR) is 114 cm³/mol. The van der Waals surface area contributed by atoms with Gasteiger partial charge in [-0.2, -0.15) is 0 Å². The van der Waals surface area contributed by atoms with E-state index in [1.165, 1.54) is 6.33 Å². The third kappa shape index (κ3) is 4.97. The molecular weight excluding hydrogens is 362 g/mol. The summed E-state index contributed by atoms with van der Waals surface area (Å²) in [4.78, 5) is 8.60. The highest BCUT2D eigenvalue weighted by Gasteiger charge is 2.08. The molecule has 1 unspecified atom stereocenters. The first kappa shape index (κ1) is 18.7. The first-order valence-electron chi connectivity index (χ1n) is 9.40. The summed E-state index contributed by atoms with van der Waals surface area (Å²) >= 11 is 0. The molecule has 0 aliphatic rings. The summed E-state index contributed by atoms with van der Waals surface area (Å²) in [6.07, 6.45) is 0.907. The minimum atomic E-state index is -0.607. The summed E-state index contributed by atoms with van der Waals surface area (Å²) in [5, 5.41) is 13.5. The number of nitrogens with zero attached hydrogens (tertiary/aromatic N) is 2. The van der Waals surface area contributed by atoms with Gasteiger partial charge in [-0.25, -0.2) is 9.97 Å². The van der Waals surface area contributed by atoms with Crippen LogP contribution in [-0.4, -0.2) is 21.6 Å². The van der Waals surface area contributed by atoms with E-state index in [9.17, 15) is 5.11 Å². The standard InChI is InChI=1S/C24H21N3O2/c28-23(19-7-3-1-4-8-19)16-25-24-15-22(26-17-27-24)18-11-13-21(14-12-18)29-20-9-5-2-6-10-20/h1-15,17,23,28H,16H2,(H,25,26,27). The number of rotatable bonds is 7. The lowest BCUT2D eigenvalue weighted by molar-refractivity contribution is 0.191. The van der Waals surface area contributed by atoms with Crippen LogP contribution in [0.4, 0.5) is 5.82 Å². The molecule has 1 atom stereocenters. The van der Waals surface area contributed by atoms with Crippen molar-refractivity contribution >= 4 is 5.82 Å². The number of nitrogens with one attached hydrogen (secondary N) is 1. The monoisotopic (exact) mass is 383 g/mol. The number of para-hydroxylation sites is 1. The number of aliphatic hydroxyl groups is 1. The fraction of sp³-hybridized carbons (Fsp3) is 0.0833. The van der Waals surface area contributed by atoms with Gasteiger partial charge in [-0.05, 0) is 42.0 Å². The maximum Gasteiger partial charge on any atom is 0.130 e. The van der Waals surface area contributed by atoms with E-state index in [1.54, 1.807) is 0 Å². The molecule has 144 valence electrons. The number of aliphatic hydroxyl groups excluding tert-OH is 1. The second kappa shape index (κ2) is 8.99. The van der Waals surface area contributed by atoms with E-state index in [1.807, 2.05) is 91.0 Å². The molecule has 0 bridgehead atoms. The molecule has 0 amide bonds. The molecule has 0 fully saturated rings. The zero-order chi connectivity index (χ0) is 19.9. The lowest BCUT2D eigenvalue weighted by Gasteiger charge is -2.13. The number of ether oxygens (including phenoxy) is 1. The summed E-state index contributed by atoms with van der Waals surface area (Å²) < 4.78 is 5.83. The third-order valence-corrected chi connectivity index (χ3v) is 4.46. The van der Waals surface area contributed by atoms with Gasteiger partial charge in [-0.15, -0.1) is 0 Å². The molecule has 4 rings (SSSR count). The SMILES string of the molecule is OC(CNc1cc(-c2ccc(Oc3ccccc3)cc2)ncn1)c1ccccc1. The number of aromatic nitrogens is 2. The van der Waals surface area contributed by atoms with Crippen LogP contribution in [0.5, 0.6) is 11.5 Å². The topological polar surface area (TPSA) is 67.3 Å². The molecule has 5 nitrogen and oxygen atoms in total. The van der Waals surface area contributed by atoms with E-state index in [-0.39, 0.29) is 0 Å². The maximum atomic E-state index is 10.3. The van der Waals surface area contributed by atoms with Crippen LogP contribution in [0.3, 0.4) is 0 Å². The van der Waals surface area contributed by atoms with Crippen LogP contribution in [-0.2, 0) is 0 Å². The Balaban J connectivity index is 1.41. The third-order valence-electron chi connectivity index (χ3n) is 4.46. The average Bonchev–Trinajstić information content (AvgIpc) is 2.79. The molecule has 0 aliphatic carbocycles. The van der Waals surface area contributed by atoms with Crippen LogP contribution < -0.4 is 10.1 Å². The Morgan fingerprint density at radius 2 is 1.45 bits per heavy atom. The fourth-order valence-electron chi connectivity index (χ4n) is 2.92. The van der Waals surface area contributed by atoms with Crippen LogP contribution in [0, 0.1) is 0 Å². The molecule has 3 aromatic carbocycles. The van der Waals surface area contributed by atoms with Crippen LogP contribution in [0.1, 0.15) is 11.7 Å². The molecule has 0 saturated carbocycles. The summed E-state index contributed by atoms with van der Waals surface area (Å²) in [6, 6.07) is 28.8. The smallest absolute Gasteiger partial charge is 0.130 e. The van der Waals surface area contributed by atoms with Gasteiger partial charge in [0.1, 0.15) is 23.6 Å². The first-order valence-corrected chi connectivity index (χ1v) is 9.40. The minimum absolute atomic E-state index is 0.365. The highest BCUT2D eigenvalue weighted by atomic mass is 16.5. The number of benzene rings is 3. The summed E-state index contributed by atoms with van der Waals surface area (Å²) in [7, 11) is 0. The van der Waals surface area contributed by atoms with Gasteiger partial charge in [0.15, 0.2) is 0 Å². The lowest BCUT2D eigenvalue weighted by atomic mass is 10.1. The number of hydrogen-bond donors (Lipinski definition) is 2. The molecular formula is C24H21N3O2. The van der Waals surface area contributed by atoms with Gasteiger partial charge < -0.3 is 15.2 Å². The highest BCUT2D eigenvalue weighted by molar-refractivity contribution is 5.63. The van der Waals surface area contributed by atoms with Gasteiger partial charge in [0.25, 0.3) is 0 Å². The quantitative estimate of drug-likeness (QED) is 0.466. The molecule has 0 saturated heterocycles. The Bertz CT molecular complexity index is 1040. The number of anilines is 1. The molecule has 29 heavy (non-hydrogen) atoms. The normalized spacial score (nSPS) is 11.6. The summed E-state index contributed by atoms with van der Waals surface area (Å²) in [5.74, 6) is 2.22. The van der Waals surface area contributed by atoms with Gasteiger partial charge in [-0.3, -0.25) is 0 Å². The van der Waals surface area contributed by atoms with E-state index in [2.05, 4.69) is 15.3 Å². The second-order valence-corrected chi connectivity index (χ2v) is 6.54. The van der Waals surface area contributed by atoms with Crippen molar-refractivity contribution in [2.24, 2.45) is 0 Å². The maximum absolute atomic E-state index is 10.3. The van der Waals surface area contributed by atoms with Gasteiger partial charge in [0.05, 0.1) is 11.8 Å². The van der Waals surface area contributed by atoms with Gasteiger partial charge in [-0.1, -0.05) is 48.5 Å². The van der Waals surface area contributed by atoms with Crippen LogP contribution in [0.2, 0.25) is 0 Å². The van der Waals surface area contributed by atoms with Crippen molar-refractivity contribution in [3.8, 4) is 22.8 Å². The molecule has 4 aromatic rings. The molecule has 0 radical (unpaired) electrons. The Labute approximate surface area is 169 Å². The average molecular weight is 383 g/mol. The molecule has 5 heteroatoms. The Hall–Kier alpha value is -3.70. The second-order valence-electron chi connectivity index (χ2n) is 6.54. The van der Waals surface area contributed by atoms with E-state index < -0.39 is 6.10 Å². The van der Waals surface area contributed by atoms with E-state index in [0.29, 0.717) is 12.4 Å². The highest BCUT2D eigenvalue weighted by Crippen LogP contribution is 2.25. The van der Waals surface area contributed by atoms with Crippen LogP contribution in [0.25, 0.3) is 11.3 Å². The zero-order valence-electron chi connectivity index (χ0n) is 15.8. The lowest BCUT2D eigenvalue weighted by Crippen LogP contribution is -2.13. The largest absolute Gasteiger partial charge is 0.457 e. The van der Waals surface area contributed by atoms with Crippen LogP contribution >= 0.6 is 0 Å². The number of hydrogen-bond acceptors (Lipinski definition) is 5. The van der Waals surface area contributed by atoms with Gasteiger partial charge in [0.2, 0.25) is 0 Å². The molecule has 0 spiro atoms. The van der Waals surface area contributed by atoms with E-state index in [4.69, 9.17) is 4.74 Å². The van der Waals surface area contributed by atoms with Crippen molar-refractivity contribution < 1.29 is 9.84 Å². The van der Waals surface area contributed by atoms with Crippen molar-refractivity contribution in [1.29, 1.82) is 0 Å². The van der Waals surface area contributed by atoms with Gasteiger partial charge in [0, 0.05) is 18.2 Å². The van der Waals surface area contributed by atoms with E-state index in [0.717, 1.165) is 28.3 Å². The molecule has 0 aliphatic heterocycles. The minimum Gasteiger partial charge on any atom is -0.457 e. The van der Waals surface area contributed by atoms with Crippen molar-refractivity contribution in [2.75, 3.05) is 11.9 Å². The van der Waals surface area contributed by atoms with E-state index >= 15 is 0 Å². The van der Waals surface area contributed by atoms with Crippen molar-refractivity contribution in [3.63, 3.8) is 0 Å². The Morgan fingerprint density at radius 3 is 2.17 bits per heavy atom. The van der Waals surface area contributed by atoms with Crippen molar-refractivity contribution in [3.05, 3.63) is 103 Å². The van der Waals surface area contributed by atoms with Gasteiger partial charge >= 0.3 is 0 Å². The summed E-state index contributed by atoms with van der Waals surface area (Å²) in [6.45, 7) is 0.365. The Kier molecular flexibility index (Phi) is 5.78. The Morgan fingerprint density at radius 1 is 0.793 bits per heavy atom. The first-order chi connectivity index (χ1) is 14.3. The fourth-order valence-corrected chi connectivity index (χ4v) is 2.92. The van der Waals surface area contributed by atoms with Crippen LogP contribution in [0.15, 0.2) is 97.3 Å². The molecule has 1 aromatic heterocycles. The zero-order valence-corrected chi connectivity index (χ0v) is 15.8. The predicted octanol–water partition coefficient (Wildman–Crippen LogP) is 5.08. The molecule has 2 N–H and O–H groups in total. The summed E-state index contributed by atoms with van der Waals surface area (Å²) in [5.41, 5.74) is 2.62.